The number of esters is 1. The van der Waals surface area contributed by atoms with E-state index in [1.54, 1.807) is 31.2 Å². The van der Waals surface area contributed by atoms with Gasteiger partial charge >= 0.3 is 5.97 Å². The number of hydrogen-bond donors (Lipinski definition) is 1. The molecule has 3 aromatic rings. The fourth-order valence-electron chi connectivity index (χ4n) is 2.74. The van der Waals surface area contributed by atoms with Crippen molar-refractivity contribution in [3.05, 3.63) is 65.8 Å². The van der Waals surface area contributed by atoms with Crippen LogP contribution >= 0.6 is 0 Å². The predicted octanol–water partition coefficient (Wildman–Crippen LogP) is 3.75. The molecular weight excluding hydrogens is 422 g/mol. The van der Waals surface area contributed by atoms with Crippen molar-refractivity contribution in [2.45, 2.75) is 37.7 Å². The van der Waals surface area contributed by atoms with Crippen LogP contribution in [0.4, 0.5) is 5.69 Å². The van der Waals surface area contributed by atoms with Crippen LogP contribution in [0.2, 0.25) is 0 Å². The largest absolute Gasteiger partial charge is 0.495 e. The zero-order chi connectivity index (χ0) is 22.4. The van der Waals surface area contributed by atoms with Gasteiger partial charge in [0.25, 0.3) is 15.9 Å². The first-order valence-electron chi connectivity index (χ1n) is 9.63. The van der Waals surface area contributed by atoms with Crippen molar-refractivity contribution in [3.8, 4) is 5.75 Å². The van der Waals surface area contributed by atoms with Crippen molar-refractivity contribution >= 4 is 21.7 Å². The second kappa shape index (κ2) is 9.61. The fraction of sp³-hybridized carbons (Fsp3) is 0.286. The van der Waals surface area contributed by atoms with Gasteiger partial charge in [0, 0.05) is 6.42 Å². The Morgan fingerprint density at radius 3 is 2.55 bits per heavy atom. The average Bonchev–Trinajstić information content (AvgIpc) is 3.23. The minimum absolute atomic E-state index is 0.0101. The first kappa shape index (κ1) is 22.3. The maximum atomic E-state index is 12.7. The Morgan fingerprint density at radius 1 is 1.16 bits per heavy atom. The van der Waals surface area contributed by atoms with E-state index in [2.05, 4.69) is 14.9 Å². The molecule has 10 heteroatoms. The first-order chi connectivity index (χ1) is 14.8. The summed E-state index contributed by atoms with van der Waals surface area (Å²) >= 11 is 0. The quantitative estimate of drug-likeness (QED) is 0.494. The summed E-state index contributed by atoms with van der Waals surface area (Å²) in [6.45, 7) is 3.62. The number of aryl methyl sites for hydroxylation is 1. The van der Waals surface area contributed by atoms with Crippen LogP contribution < -0.4 is 9.46 Å². The normalized spacial score (nSPS) is 12.2. The highest BCUT2D eigenvalue weighted by Crippen LogP contribution is 2.26. The SMILES string of the molecule is CCCc1noc(C(C)OC(=O)c2ccc(S(=O)(=O)Nc3ccccc3OC)cc2)n1. The number of ether oxygens (including phenoxy) is 2. The average molecular weight is 445 g/mol. The lowest BCUT2D eigenvalue weighted by Gasteiger charge is -2.12. The lowest BCUT2D eigenvalue weighted by atomic mass is 10.2. The number of hydrogen-bond acceptors (Lipinski definition) is 8. The number of methoxy groups -OCH3 is 1. The maximum Gasteiger partial charge on any atom is 0.338 e. The van der Waals surface area contributed by atoms with E-state index in [4.69, 9.17) is 14.0 Å². The monoisotopic (exact) mass is 445 g/mol. The van der Waals surface area contributed by atoms with Gasteiger partial charge in [-0.25, -0.2) is 13.2 Å². The highest BCUT2D eigenvalue weighted by atomic mass is 32.2. The van der Waals surface area contributed by atoms with Gasteiger partial charge in [0.05, 0.1) is 23.3 Å². The van der Waals surface area contributed by atoms with E-state index in [1.807, 2.05) is 6.92 Å². The third kappa shape index (κ3) is 5.40. The number of benzene rings is 2. The first-order valence-corrected chi connectivity index (χ1v) is 11.1. The van der Waals surface area contributed by atoms with Gasteiger partial charge in [-0.15, -0.1) is 0 Å². The van der Waals surface area contributed by atoms with E-state index in [0.29, 0.717) is 23.7 Å². The van der Waals surface area contributed by atoms with Crippen molar-refractivity contribution in [2.24, 2.45) is 0 Å². The van der Waals surface area contributed by atoms with E-state index in [1.165, 1.54) is 31.4 Å². The van der Waals surface area contributed by atoms with Gasteiger partial charge in [0.1, 0.15) is 5.75 Å². The van der Waals surface area contributed by atoms with Crippen LogP contribution in [0.1, 0.15) is 48.4 Å². The zero-order valence-electron chi connectivity index (χ0n) is 17.4. The number of carbonyl (C=O) groups excluding carboxylic acids is 1. The molecule has 0 radical (unpaired) electrons. The molecule has 3 rings (SSSR count). The zero-order valence-corrected chi connectivity index (χ0v) is 18.2. The Bertz CT molecular complexity index is 1140. The van der Waals surface area contributed by atoms with Crippen LogP contribution in [0, 0.1) is 0 Å². The summed E-state index contributed by atoms with van der Waals surface area (Å²) in [5, 5.41) is 3.83. The van der Waals surface area contributed by atoms with Crippen molar-refractivity contribution in [2.75, 3.05) is 11.8 Å². The number of rotatable bonds is 9. The third-order valence-electron chi connectivity index (χ3n) is 4.34. The van der Waals surface area contributed by atoms with E-state index in [0.717, 1.165) is 6.42 Å². The van der Waals surface area contributed by atoms with E-state index >= 15 is 0 Å². The lowest BCUT2D eigenvalue weighted by Crippen LogP contribution is -2.14. The molecule has 0 saturated heterocycles. The molecule has 1 heterocycles. The maximum absolute atomic E-state index is 12.7. The standard InChI is InChI=1S/C21H23N3O6S/c1-4-7-19-22-20(30-23-19)14(2)29-21(25)15-10-12-16(13-11-15)31(26,27)24-17-8-5-6-9-18(17)28-3/h5-6,8-14,24H,4,7H2,1-3H3. The molecule has 164 valence electrons. The summed E-state index contributed by atoms with van der Waals surface area (Å²) in [5.41, 5.74) is 0.501. The van der Waals surface area contributed by atoms with Gasteiger partial charge in [0.15, 0.2) is 11.9 Å². The second-order valence-corrected chi connectivity index (χ2v) is 8.36. The molecule has 0 aliphatic carbocycles. The van der Waals surface area contributed by atoms with E-state index < -0.39 is 22.1 Å². The Labute approximate surface area is 180 Å². The molecule has 0 spiro atoms. The third-order valence-corrected chi connectivity index (χ3v) is 5.72. The summed E-state index contributed by atoms with van der Waals surface area (Å²) in [6.07, 6.45) is 0.804. The fourth-order valence-corrected chi connectivity index (χ4v) is 3.81. The van der Waals surface area contributed by atoms with Crippen LogP contribution in [-0.2, 0) is 21.2 Å². The topological polar surface area (TPSA) is 121 Å². The Hall–Kier alpha value is -3.40. The van der Waals surface area contributed by atoms with Crippen LogP contribution in [-0.4, -0.2) is 31.6 Å². The highest BCUT2D eigenvalue weighted by molar-refractivity contribution is 7.92. The van der Waals surface area contributed by atoms with Gasteiger partial charge in [-0.3, -0.25) is 4.72 Å². The van der Waals surface area contributed by atoms with E-state index in [-0.39, 0.29) is 16.3 Å². The summed E-state index contributed by atoms with van der Waals surface area (Å²) in [5.74, 6) is 0.516. The molecule has 9 nitrogen and oxygen atoms in total. The Kier molecular flexibility index (Phi) is 6.91. The molecule has 31 heavy (non-hydrogen) atoms. The Balaban J connectivity index is 1.69. The number of nitrogens with zero attached hydrogens (tertiary/aromatic N) is 2. The minimum atomic E-state index is -3.87. The second-order valence-electron chi connectivity index (χ2n) is 6.68. The molecular formula is C21H23N3O6S. The van der Waals surface area contributed by atoms with Crippen molar-refractivity contribution in [3.63, 3.8) is 0 Å². The summed E-state index contributed by atoms with van der Waals surface area (Å²) in [7, 11) is -2.42. The minimum Gasteiger partial charge on any atom is -0.495 e. The van der Waals surface area contributed by atoms with E-state index in [9.17, 15) is 13.2 Å². The number of para-hydroxylation sites is 2. The number of carbonyl (C=O) groups is 1. The van der Waals surface area contributed by atoms with Crippen LogP contribution in [0.25, 0.3) is 0 Å². The molecule has 0 aliphatic heterocycles. The lowest BCUT2D eigenvalue weighted by molar-refractivity contribution is 0.0265. The van der Waals surface area contributed by atoms with Crippen molar-refractivity contribution in [1.82, 2.24) is 10.1 Å². The molecule has 0 aliphatic rings. The molecule has 0 saturated carbocycles. The molecule has 0 amide bonds. The molecule has 1 N–H and O–H groups in total. The summed E-state index contributed by atoms with van der Waals surface area (Å²) in [4.78, 5) is 16.6. The van der Waals surface area contributed by atoms with Crippen LogP contribution in [0.15, 0.2) is 57.9 Å². The Morgan fingerprint density at radius 2 is 1.87 bits per heavy atom. The molecule has 2 aromatic carbocycles. The number of sulfonamides is 1. The molecule has 1 aromatic heterocycles. The molecule has 1 atom stereocenters. The van der Waals surface area contributed by atoms with Crippen molar-refractivity contribution in [1.29, 1.82) is 0 Å². The van der Waals surface area contributed by atoms with Gasteiger partial charge in [0.2, 0.25) is 0 Å². The number of anilines is 1. The predicted molar refractivity (Wildman–Crippen MR) is 112 cm³/mol. The number of aromatic nitrogens is 2. The van der Waals surface area contributed by atoms with Gasteiger partial charge in [-0.2, -0.15) is 4.98 Å². The van der Waals surface area contributed by atoms with Crippen LogP contribution in [0.3, 0.4) is 0 Å². The molecule has 0 fully saturated rings. The van der Waals surface area contributed by atoms with Gasteiger partial charge < -0.3 is 14.0 Å². The molecule has 1 unspecified atom stereocenters. The van der Waals surface area contributed by atoms with Gasteiger partial charge in [-0.1, -0.05) is 24.2 Å². The number of nitrogens with one attached hydrogen (secondary N) is 1. The van der Waals surface area contributed by atoms with Crippen molar-refractivity contribution < 1.29 is 27.2 Å². The van der Waals surface area contributed by atoms with Gasteiger partial charge in [-0.05, 0) is 49.7 Å². The van der Waals surface area contributed by atoms with Crippen LogP contribution in [0.5, 0.6) is 5.75 Å². The summed E-state index contributed by atoms with van der Waals surface area (Å²) in [6, 6.07) is 12.1. The summed E-state index contributed by atoms with van der Waals surface area (Å²) < 4.78 is 43.4. The molecule has 0 bridgehead atoms. The highest BCUT2D eigenvalue weighted by Gasteiger charge is 2.21. The smallest absolute Gasteiger partial charge is 0.338 e.